The van der Waals surface area contributed by atoms with E-state index in [1.165, 1.54) is 0 Å². The summed E-state index contributed by atoms with van der Waals surface area (Å²) in [6, 6.07) is 5.37. The molecule has 2 heterocycles. The van der Waals surface area contributed by atoms with Gasteiger partial charge in [-0.25, -0.2) is 4.79 Å². The molecule has 1 saturated carbocycles. The average Bonchev–Trinajstić information content (AvgIpc) is 3.13. The molecule has 2 aliphatic heterocycles. The molecule has 0 aromatic heterocycles. The third-order valence-corrected chi connectivity index (χ3v) is 4.02. The summed E-state index contributed by atoms with van der Waals surface area (Å²) in [5.41, 5.74) is 0.493. The number of cyclic esters (lactones) is 1. The Hall–Kier alpha value is -2.44. The number of hydrogen-bond donors (Lipinski definition) is 1. The lowest BCUT2D eigenvalue weighted by atomic mass is 10.2. The van der Waals surface area contributed by atoms with Crippen LogP contribution >= 0.6 is 0 Å². The van der Waals surface area contributed by atoms with E-state index in [4.69, 9.17) is 14.2 Å². The monoisotopic (exact) mass is 304 g/mol. The molecular formula is C15H16N2O5. The number of nitrogens with zero attached hydrogens (tertiary/aromatic N) is 1. The topological polar surface area (TPSA) is 77.1 Å². The number of ether oxygens (including phenoxy) is 3. The zero-order chi connectivity index (χ0) is 15.1. The number of amides is 2. The number of nitrogens with one attached hydrogen (secondary N) is 1. The number of rotatable bonds is 4. The molecule has 116 valence electrons. The molecule has 22 heavy (non-hydrogen) atoms. The lowest BCUT2D eigenvalue weighted by Crippen LogP contribution is -2.35. The highest BCUT2D eigenvalue weighted by Crippen LogP contribution is 2.32. The van der Waals surface area contributed by atoms with Gasteiger partial charge in [0, 0.05) is 11.6 Å². The summed E-state index contributed by atoms with van der Waals surface area (Å²) in [4.78, 5) is 25.6. The molecule has 2 fully saturated rings. The number of fused-ring (bicyclic) bond motifs is 1. The average molecular weight is 304 g/mol. The summed E-state index contributed by atoms with van der Waals surface area (Å²) in [7, 11) is 0. The highest BCUT2D eigenvalue weighted by atomic mass is 16.7. The van der Waals surface area contributed by atoms with Crippen molar-refractivity contribution < 1.29 is 23.8 Å². The Kier molecular flexibility index (Phi) is 3.06. The van der Waals surface area contributed by atoms with Crippen molar-refractivity contribution in [1.29, 1.82) is 0 Å². The predicted molar refractivity (Wildman–Crippen MR) is 74.9 cm³/mol. The van der Waals surface area contributed by atoms with Crippen LogP contribution < -0.4 is 14.8 Å². The first-order chi connectivity index (χ1) is 10.7. The van der Waals surface area contributed by atoms with Crippen LogP contribution in [0.2, 0.25) is 0 Å². The Morgan fingerprint density at radius 2 is 2.09 bits per heavy atom. The largest absolute Gasteiger partial charge is 0.454 e. The Morgan fingerprint density at radius 3 is 2.91 bits per heavy atom. The van der Waals surface area contributed by atoms with Crippen molar-refractivity contribution in [1.82, 2.24) is 10.2 Å². The lowest BCUT2D eigenvalue weighted by molar-refractivity contribution is 0.0914. The first-order valence-electron chi connectivity index (χ1n) is 7.36. The van der Waals surface area contributed by atoms with E-state index in [-0.39, 0.29) is 24.9 Å². The first kappa shape index (κ1) is 13.2. The molecule has 1 N–H and O–H groups in total. The smallest absolute Gasteiger partial charge is 0.410 e. The van der Waals surface area contributed by atoms with Crippen LogP contribution in [0.15, 0.2) is 18.2 Å². The summed E-state index contributed by atoms with van der Waals surface area (Å²) in [6.45, 7) is 1.03. The minimum Gasteiger partial charge on any atom is -0.454 e. The molecule has 1 aromatic rings. The highest BCUT2D eigenvalue weighted by molar-refractivity contribution is 5.95. The fraction of sp³-hybridized carbons (Fsp3) is 0.467. The van der Waals surface area contributed by atoms with Crippen LogP contribution in [0.4, 0.5) is 4.79 Å². The second-order valence-electron chi connectivity index (χ2n) is 5.67. The molecule has 1 atom stereocenters. The molecule has 0 bridgehead atoms. The maximum Gasteiger partial charge on any atom is 0.410 e. The van der Waals surface area contributed by atoms with Crippen LogP contribution in [0.25, 0.3) is 0 Å². The summed E-state index contributed by atoms with van der Waals surface area (Å²) in [5.74, 6) is 0.987. The third kappa shape index (κ3) is 2.43. The van der Waals surface area contributed by atoms with Crippen LogP contribution in [0, 0.1) is 0 Å². The van der Waals surface area contributed by atoms with Crippen LogP contribution in [-0.4, -0.2) is 48.9 Å². The fourth-order valence-corrected chi connectivity index (χ4v) is 2.68. The third-order valence-electron chi connectivity index (χ3n) is 4.02. The van der Waals surface area contributed by atoms with Gasteiger partial charge in [-0.2, -0.15) is 0 Å². The van der Waals surface area contributed by atoms with Crippen molar-refractivity contribution in [3.05, 3.63) is 23.8 Å². The standard InChI is InChI=1S/C15H16N2O5/c18-14(9-1-4-12-13(5-9)21-8-20-12)16-6-11-7-17(10-2-3-10)15(19)22-11/h1,4-5,10-11H,2-3,6-8H2,(H,16,18). The van der Waals surface area contributed by atoms with Crippen molar-refractivity contribution in [3.63, 3.8) is 0 Å². The van der Waals surface area contributed by atoms with Gasteiger partial charge in [-0.15, -0.1) is 0 Å². The van der Waals surface area contributed by atoms with Gasteiger partial charge in [0.1, 0.15) is 6.10 Å². The zero-order valence-electron chi connectivity index (χ0n) is 11.9. The normalized spacial score (nSPS) is 22.6. The summed E-state index contributed by atoms with van der Waals surface area (Å²) in [5, 5.41) is 2.79. The van der Waals surface area contributed by atoms with Crippen LogP contribution in [-0.2, 0) is 4.74 Å². The van der Waals surface area contributed by atoms with E-state index in [1.54, 1.807) is 23.1 Å². The van der Waals surface area contributed by atoms with E-state index in [2.05, 4.69) is 5.32 Å². The van der Waals surface area contributed by atoms with Crippen LogP contribution in [0.3, 0.4) is 0 Å². The molecule has 3 aliphatic rings. The van der Waals surface area contributed by atoms with Gasteiger partial charge >= 0.3 is 6.09 Å². The molecule has 4 rings (SSSR count). The number of hydrogen-bond acceptors (Lipinski definition) is 5. The van der Waals surface area contributed by atoms with Crippen molar-refractivity contribution in [2.75, 3.05) is 19.9 Å². The van der Waals surface area contributed by atoms with E-state index in [1.807, 2.05) is 0 Å². The highest BCUT2D eigenvalue weighted by Gasteiger charge is 2.40. The van der Waals surface area contributed by atoms with Crippen molar-refractivity contribution in [2.45, 2.75) is 25.0 Å². The summed E-state index contributed by atoms with van der Waals surface area (Å²) in [6.07, 6.45) is 1.53. The minimum absolute atomic E-state index is 0.176. The van der Waals surface area contributed by atoms with Crippen LogP contribution in [0.5, 0.6) is 11.5 Å². The number of carbonyl (C=O) groups is 2. The summed E-state index contributed by atoms with van der Waals surface area (Å²) < 4.78 is 15.7. The van der Waals surface area contributed by atoms with Gasteiger partial charge in [-0.3, -0.25) is 4.79 Å². The van der Waals surface area contributed by atoms with Gasteiger partial charge in [-0.05, 0) is 31.0 Å². The van der Waals surface area contributed by atoms with E-state index in [0.717, 1.165) is 12.8 Å². The Labute approximate surface area is 127 Å². The predicted octanol–water partition coefficient (Wildman–Crippen LogP) is 1.13. The number of carbonyl (C=O) groups excluding carboxylic acids is 2. The van der Waals surface area contributed by atoms with Gasteiger partial charge in [0.15, 0.2) is 11.5 Å². The molecule has 1 aliphatic carbocycles. The second kappa shape index (κ2) is 5.08. The maximum atomic E-state index is 12.1. The molecular weight excluding hydrogens is 288 g/mol. The van der Waals surface area contributed by atoms with Gasteiger partial charge in [0.05, 0.1) is 13.1 Å². The molecule has 1 unspecified atom stereocenters. The molecule has 7 heteroatoms. The second-order valence-corrected chi connectivity index (χ2v) is 5.67. The van der Waals surface area contributed by atoms with Gasteiger partial charge in [0.2, 0.25) is 6.79 Å². The SMILES string of the molecule is O=C(NCC1CN(C2CC2)C(=O)O1)c1ccc2c(c1)OCO2. The van der Waals surface area contributed by atoms with Crippen molar-refractivity contribution in [3.8, 4) is 11.5 Å². The quantitative estimate of drug-likeness (QED) is 0.902. The zero-order valence-corrected chi connectivity index (χ0v) is 11.9. The van der Waals surface area contributed by atoms with E-state index in [0.29, 0.717) is 36.2 Å². The van der Waals surface area contributed by atoms with Crippen molar-refractivity contribution >= 4 is 12.0 Å². The molecule has 1 saturated heterocycles. The van der Waals surface area contributed by atoms with Crippen molar-refractivity contribution in [2.24, 2.45) is 0 Å². The fourth-order valence-electron chi connectivity index (χ4n) is 2.68. The van der Waals surface area contributed by atoms with E-state index >= 15 is 0 Å². The van der Waals surface area contributed by atoms with E-state index < -0.39 is 0 Å². The minimum atomic E-state index is -0.286. The molecule has 2 amide bonds. The van der Waals surface area contributed by atoms with E-state index in [9.17, 15) is 9.59 Å². The molecule has 7 nitrogen and oxygen atoms in total. The molecule has 0 radical (unpaired) electrons. The first-order valence-corrected chi connectivity index (χ1v) is 7.36. The van der Waals surface area contributed by atoms with Crippen LogP contribution in [0.1, 0.15) is 23.2 Å². The molecule has 0 spiro atoms. The Morgan fingerprint density at radius 1 is 1.27 bits per heavy atom. The van der Waals surface area contributed by atoms with Gasteiger partial charge in [-0.1, -0.05) is 0 Å². The maximum absolute atomic E-state index is 12.1. The Balaban J connectivity index is 1.34. The lowest BCUT2D eigenvalue weighted by Gasteiger charge is -2.11. The Bertz CT molecular complexity index is 628. The molecule has 1 aromatic carbocycles. The van der Waals surface area contributed by atoms with Gasteiger partial charge in [0.25, 0.3) is 5.91 Å². The summed E-state index contributed by atoms with van der Waals surface area (Å²) >= 11 is 0. The van der Waals surface area contributed by atoms with Gasteiger partial charge < -0.3 is 24.4 Å². The number of benzene rings is 1.